The Kier molecular flexibility index (Phi) is 4.82. The second-order valence-electron chi connectivity index (χ2n) is 6.78. The molecule has 0 aromatic heterocycles. The number of hydrogen-bond acceptors (Lipinski definition) is 2. The number of rotatable bonds is 3. The fraction of sp³-hybridized carbons (Fsp3) is 0.300. The number of halogens is 1. The number of benzene rings is 2. The third-order valence-corrected chi connectivity index (χ3v) is 4.78. The zero-order valence-corrected chi connectivity index (χ0v) is 15.1. The summed E-state index contributed by atoms with van der Waals surface area (Å²) in [5.41, 5.74) is 1.44. The van der Waals surface area contributed by atoms with Crippen LogP contribution in [0.15, 0.2) is 48.5 Å². The van der Waals surface area contributed by atoms with Crippen LogP contribution in [0.1, 0.15) is 25.8 Å². The molecule has 2 aromatic carbocycles. The van der Waals surface area contributed by atoms with Crippen LogP contribution in [0.2, 0.25) is 5.02 Å². The van der Waals surface area contributed by atoms with Gasteiger partial charge in [0, 0.05) is 22.9 Å². The first-order valence-corrected chi connectivity index (χ1v) is 8.74. The number of nitrogens with zero attached hydrogens (tertiary/aromatic N) is 1. The molecule has 1 heterocycles. The van der Waals surface area contributed by atoms with E-state index in [1.54, 1.807) is 43.0 Å². The lowest BCUT2D eigenvalue weighted by Gasteiger charge is -2.35. The van der Waals surface area contributed by atoms with Crippen LogP contribution in [0.25, 0.3) is 0 Å². The quantitative estimate of drug-likeness (QED) is 0.834. The number of nitrogens with one attached hydrogen (secondary N) is 1. The standard InChI is InChI=1S/C20H21ClN2O2/c1-20(2,18(24)22-16-10-5-9-15(21)13-16)19(25)23-12-6-8-14-7-3-4-11-17(14)23/h3-5,7,9-11,13H,6,8,12H2,1-2H3,(H,22,24). The van der Waals surface area contributed by atoms with E-state index in [-0.39, 0.29) is 11.8 Å². The molecular formula is C20H21ClN2O2. The highest BCUT2D eigenvalue weighted by Gasteiger charge is 2.40. The fourth-order valence-electron chi connectivity index (χ4n) is 3.03. The van der Waals surface area contributed by atoms with Crippen molar-refractivity contribution in [2.24, 2.45) is 5.41 Å². The lowest BCUT2D eigenvalue weighted by Crippen LogP contribution is -2.49. The van der Waals surface area contributed by atoms with Gasteiger partial charge < -0.3 is 10.2 Å². The van der Waals surface area contributed by atoms with E-state index in [1.165, 1.54) is 0 Å². The van der Waals surface area contributed by atoms with Gasteiger partial charge in [0.15, 0.2) is 0 Å². The van der Waals surface area contributed by atoms with Crippen LogP contribution in [-0.2, 0) is 16.0 Å². The summed E-state index contributed by atoms with van der Waals surface area (Å²) in [5.74, 6) is -0.540. The maximum Gasteiger partial charge on any atom is 0.242 e. The summed E-state index contributed by atoms with van der Waals surface area (Å²) in [5, 5.41) is 3.33. The molecular weight excluding hydrogens is 336 g/mol. The Labute approximate surface area is 152 Å². The number of fused-ring (bicyclic) bond motifs is 1. The topological polar surface area (TPSA) is 49.4 Å². The van der Waals surface area contributed by atoms with Crippen LogP contribution in [0.4, 0.5) is 11.4 Å². The van der Waals surface area contributed by atoms with E-state index in [4.69, 9.17) is 11.6 Å². The smallest absolute Gasteiger partial charge is 0.242 e. The summed E-state index contributed by atoms with van der Waals surface area (Å²) < 4.78 is 0. The zero-order chi connectivity index (χ0) is 18.0. The highest BCUT2D eigenvalue weighted by atomic mass is 35.5. The lowest BCUT2D eigenvalue weighted by atomic mass is 9.88. The van der Waals surface area contributed by atoms with Gasteiger partial charge >= 0.3 is 0 Å². The van der Waals surface area contributed by atoms with Gasteiger partial charge in [-0.1, -0.05) is 35.9 Å². The van der Waals surface area contributed by atoms with Crippen molar-refractivity contribution in [1.29, 1.82) is 0 Å². The summed E-state index contributed by atoms with van der Waals surface area (Å²) in [6.45, 7) is 3.95. The van der Waals surface area contributed by atoms with E-state index in [1.807, 2.05) is 24.3 Å². The monoisotopic (exact) mass is 356 g/mol. The minimum atomic E-state index is -1.19. The minimum absolute atomic E-state index is 0.195. The number of hydrogen-bond donors (Lipinski definition) is 1. The number of amides is 2. The Bertz CT molecular complexity index is 817. The van der Waals surface area contributed by atoms with Crippen molar-refractivity contribution in [3.05, 3.63) is 59.1 Å². The molecule has 0 atom stereocenters. The van der Waals surface area contributed by atoms with E-state index < -0.39 is 5.41 Å². The molecule has 0 unspecified atom stereocenters. The molecule has 2 aromatic rings. The van der Waals surface area contributed by atoms with E-state index in [2.05, 4.69) is 5.32 Å². The van der Waals surface area contributed by atoms with Gasteiger partial charge in [-0.05, 0) is 56.5 Å². The molecule has 0 spiro atoms. The van der Waals surface area contributed by atoms with Crippen molar-refractivity contribution >= 4 is 34.8 Å². The summed E-state index contributed by atoms with van der Waals surface area (Å²) in [4.78, 5) is 27.6. The number of carbonyl (C=O) groups excluding carboxylic acids is 2. The summed E-state index contributed by atoms with van der Waals surface area (Å²) in [6, 6.07) is 14.8. The molecule has 0 bridgehead atoms. The van der Waals surface area contributed by atoms with E-state index in [9.17, 15) is 9.59 Å². The van der Waals surface area contributed by atoms with Gasteiger partial charge in [-0.15, -0.1) is 0 Å². The highest BCUT2D eigenvalue weighted by molar-refractivity contribution is 6.31. The van der Waals surface area contributed by atoms with E-state index >= 15 is 0 Å². The third kappa shape index (κ3) is 3.54. The predicted molar refractivity (Wildman–Crippen MR) is 101 cm³/mol. The van der Waals surface area contributed by atoms with Crippen LogP contribution in [0.3, 0.4) is 0 Å². The molecule has 0 fully saturated rings. The first-order valence-electron chi connectivity index (χ1n) is 8.36. The first-order chi connectivity index (χ1) is 11.9. The molecule has 1 aliphatic heterocycles. The molecule has 4 nitrogen and oxygen atoms in total. The van der Waals surface area contributed by atoms with Gasteiger partial charge in [-0.2, -0.15) is 0 Å². The number of para-hydroxylation sites is 1. The van der Waals surface area contributed by atoms with Crippen LogP contribution in [0.5, 0.6) is 0 Å². The van der Waals surface area contributed by atoms with Crippen molar-refractivity contribution in [3.8, 4) is 0 Å². The van der Waals surface area contributed by atoms with Crippen molar-refractivity contribution in [2.75, 3.05) is 16.8 Å². The number of aryl methyl sites for hydroxylation is 1. The molecule has 1 N–H and O–H groups in total. The summed E-state index contributed by atoms with van der Waals surface area (Å²) in [6.07, 6.45) is 1.85. The predicted octanol–water partition coefficient (Wildman–Crippen LogP) is 4.28. The Morgan fingerprint density at radius 1 is 1.12 bits per heavy atom. The molecule has 5 heteroatoms. The second kappa shape index (κ2) is 6.89. The Morgan fingerprint density at radius 3 is 2.64 bits per heavy atom. The summed E-state index contributed by atoms with van der Waals surface area (Å²) in [7, 11) is 0. The van der Waals surface area contributed by atoms with Crippen molar-refractivity contribution in [2.45, 2.75) is 26.7 Å². The minimum Gasteiger partial charge on any atom is -0.325 e. The second-order valence-corrected chi connectivity index (χ2v) is 7.21. The van der Waals surface area contributed by atoms with E-state index in [0.29, 0.717) is 17.3 Å². The van der Waals surface area contributed by atoms with Crippen molar-refractivity contribution < 1.29 is 9.59 Å². The van der Waals surface area contributed by atoms with Crippen LogP contribution in [-0.4, -0.2) is 18.4 Å². The van der Waals surface area contributed by atoms with Crippen molar-refractivity contribution in [1.82, 2.24) is 0 Å². The van der Waals surface area contributed by atoms with Gasteiger partial charge in [-0.25, -0.2) is 0 Å². The average molecular weight is 357 g/mol. The van der Waals surface area contributed by atoms with Crippen LogP contribution >= 0.6 is 11.6 Å². The molecule has 0 saturated carbocycles. The summed E-state index contributed by atoms with van der Waals surface area (Å²) >= 11 is 5.96. The molecule has 0 radical (unpaired) electrons. The first kappa shape index (κ1) is 17.5. The molecule has 130 valence electrons. The largest absolute Gasteiger partial charge is 0.325 e. The normalized spacial score (nSPS) is 14.0. The van der Waals surface area contributed by atoms with Gasteiger partial charge in [0.2, 0.25) is 11.8 Å². The molecule has 0 saturated heterocycles. The SMILES string of the molecule is CC(C)(C(=O)Nc1cccc(Cl)c1)C(=O)N1CCCc2ccccc21. The fourth-order valence-corrected chi connectivity index (χ4v) is 3.22. The Morgan fingerprint density at radius 2 is 1.88 bits per heavy atom. The molecule has 0 aliphatic carbocycles. The zero-order valence-electron chi connectivity index (χ0n) is 14.4. The molecule has 3 rings (SSSR count). The Balaban J connectivity index is 1.82. The van der Waals surface area contributed by atoms with E-state index in [0.717, 1.165) is 24.1 Å². The molecule has 25 heavy (non-hydrogen) atoms. The lowest BCUT2D eigenvalue weighted by molar-refractivity contribution is -0.136. The van der Waals surface area contributed by atoms with Crippen LogP contribution in [0, 0.1) is 5.41 Å². The highest BCUT2D eigenvalue weighted by Crippen LogP contribution is 2.31. The van der Waals surface area contributed by atoms with Gasteiger partial charge in [-0.3, -0.25) is 9.59 Å². The average Bonchev–Trinajstić information content (AvgIpc) is 2.60. The Hall–Kier alpha value is -2.33. The molecule has 1 aliphatic rings. The number of carbonyl (C=O) groups is 2. The van der Waals surface area contributed by atoms with Gasteiger partial charge in [0.1, 0.15) is 5.41 Å². The maximum absolute atomic E-state index is 13.1. The van der Waals surface area contributed by atoms with Gasteiger partial charge in [0.25, 0.3) is 0 Å². The van der Waals surface area contributed by atoms with Gasteiger partial charge in [0.05, 0.1) is 0 Å². The molecule has 2 amide bonds. The van der Waals surface area contributed by atoms with Crippen LogP contribution < -0.4 is 10.2 Å². The number of anilines is 2. The van der Waals surface area contributed by atoms with Crippen molar-refractivity contribution in [3.63, 3.8) is 0 Å². The maximum atomic E-state index is 13.1. The third-order valence-electron chi connectivity index (χ3n) is 4.54.